The van der Waals surface area contributed by atoms with Crippen molar-refractivity contribution in [1.82, 2.24) is 14.5 Å². The van der Waals surface area contributed by atoms with Crippen LogP contribution < -0.4 is 16.2 Å². The molecule has 6 nitrogen and oxygen atoms in total. The van der Waals surface area contributed by atoms with E-state index in [2.05, 4.69) is 9.97 Å². The molecule has 0 saturated carbocycles. The predicted octanol–water partition coefficient (Wildman–Crippen LogP) is 0.305. The molecule has 0 aliphatic rings. The van der Waals surface area contributed by atoms with Gasteiger partial charge >= 0.3 is 4.87 Å². The Balaban J connectivity index is 2.78. The van der Waals surface area contributed by atoms with Crippen molar-refractivity contribution in [2.24, 2.45) is 0 Å². The van der Waals surface area contributed by atoms with E-state index in [-0.39, 0.29) is 16.4 Å². The number of fused-ring (bicyclic) bond motifs is 1. The van der Waals surface area contributed by atoms with E-state index >= 15 is 0 Å². The molecule has 3 N–H and O–H groups in total. The number of H-pyrrole nitrogens is 1. The minimum absolute atomic E-state index is 0.0181. The molecular formula is C9H10N4O2S. The summed E-state index contributed by atoms with van der Waals surface area (Å²) in [6, 6.07) is 0. The molecule has 0 fully saturated rings. The van der Waals surface area contributed by atoms with Crippen LogP contribution in [-0.2, 0) is 6.54 Å². The van der Waals surface area contributed by atoms with Crippen LogP contribution in [0.3, 0.4) is 0 Å². The summed E-state index contributed by atoms with van der Waals surface area (Å²) in [4.78, 5) is 29.2. The third-order valence-corrected chi connectivity index (χ3v) is 3.03. The topological polar surface area (TPSA) is 93.8 Å². The van der Waals surface area contributed by atoms with Gasteiger partial charge in [0.2, 0.25) is 5.95 Å². The van der Waals surface area contributed by atoms with Crippen molar-refractivity contribution in [1.29, 1.82) is 0 Å². The van der Waals surface area contributed by atoms with E-state index < -0.39 is 0 Å². The highest BCUT2D eigenvalue weighted by Gasteiger charge is 2.11. The van der Waals surface area contributed by atoms with Gasteiger partial charge in [-0.2, -0.15) is 4.98 Å². The average Bonchev–Trinajstić information content (AvgIpc) is 2.53. The number of anilines is 1. The molecule has 2 aromatic heterocycles. The molecule has 0 atom stereocenters. The Labute approximate surface area is 94.1 Å². The number of hydrogen-bond donors (Lipinski definition) is 2. The van der Waals surface area contributed by atoms with Crippen molar-refractivity contribution in [2.45, 2.75) is 13.5 Å². The van der Waals surface area contributed by atoms with E-state index in [0.29, 0.717) is 16.9 Å². The number of allylic oxidation sites excluding steroid dienone is 2. The van der Waals surface area contributed by atoms with Gasteiger partial charge in [0.05, 0.1) is 0 Å². The number of aromatic nitrogens is 3. The molecular weight excluding hydrogens is 228 g/mol. The monoisotopic (exact) mass is 238 g/mol. The van der Waals surface area contributed by atoms with Crippen molar-refractivity contribution in [3.63, 3.8) is 0 Å². The number of aromatic amines is 1. The number of thiazole rings is 1. The van der Waals surface area contributed by atoms with Crippen LogP contribution >= 0.6 is 11.3 Å². The Morgan fingerprint density at radius 2 is 2.31 bits per heavy atom. The number of hydrogen-bond acceptors (Lipinski definition) is 5. The summed E-state index contributed by atoms with van der Waals surface area (Å²) < 4.78 is 1.73. The quantitative estimate of drug-likeness (QED) is 0.736. The fourth-order valence-corrected chi connectivity index (χ4v) is 2.18. The van der Waals surface area contributed by atoms with Crippen LogP contribution in [0, 0.1) is 0 Å². The van der Waals surface area contributed by atoms with E-state index in [1.807, 2.05) is 19.1 Å². The van der Waals surface area contributed by atoms with Crippen LogP contribution in [0.25, 0.3) is 10.3 Å². The Morgan fingerprint density at radius 1 is 1.56 bits per heavy atom. The number of nitrogen functional groups attached to an aromatic ring is 1. The highest BCUT2D eigenvalue weighted by atomic mass is 32.1. The Kier molecular flexibility index (Phi) is 2.61. The molecule has 84 valence electrons. The fourth-order valence-electron chi connectivity index (χ4n) is 1.34. The van der Waals surface area contributed by atoms with Gasteiger partial charge in [-0.05, 0) is 6.92 Å². The first-order valence-corrected chi connectivity index (χ1v) is 5.45. The average molecular weight is 238 g/mol. The second-order valence-electron chi connectivity index (χ2n) is 3.15. The summed E-state index contributed by atoms with van der Waals surface area (Å²) in [5.74, 6) is 0.0181. The third kappa shape index (κ3) is 1.65. The van der Waals surface area contributed by atoms with Gasteiger partial charge in [-0.3, -0.25) is 19.1 Å². The molecule has 0 saturated heterocycles. The van der Waals surface area contributed by atoms with Crippen molar-refractivity contribution in [3.05, 3.63) is 32.2 Å². The molecule has 0 spiro atoms. The second kappa shape index (κ2) is 3.93. The van der Waals surface area contributed by atoms with Crippen molar-refractivity contribution >= 4 is 27.6 Å². The summed E-state index contributed by atoms with van der Waals surface area (Å²) in [6.07, 6.45) is 3.64. The maximum atomic E-state index is 11.6. The second-order valence-corrected chi connectivity index (χ2v) is 4.11. The lowest BCUT2D eigenvalue weighted by Crippen LogP contribution is -2.14. The highest BCUT2D eigenvalue weighted by Crippen LogP contribution is 2.10. The molecule has 0 unspecified atom stereocenters. The van der Waals surface area contributed by atoms with Gasteiger partial charge in [0.15, 0.2) is 5.65 Å². The van der Waals surface area contributed by atoms with E-state index in [0.717, 1.165) is 11.3 Å². The van der Waals surface area contributed by atoms with E-state index in [9.17, 15) is 9.59 Å². The largest absolute Gasteiger partial charge is 0.369 e. The summed E-state index contributed by atoms with van der Waals surface area (Å²) in [7, 11) is 0. The zero-order valence-corrected chi connectivity index (χ0v) is 9.37. The first-order valence-electron chi connectivity index (χ1n) is 4.63. The molecule has 0 aliphatic carbocycles. The highest BCUT2D eigenvalue weighted by molar-refractivity contribution is 7.16. The standard InChI is InChI=1S/C9H10N4O2S/c1-2-3-4-13-6-5(16-9(13)15)7(14)12-8(10)11-6/h2-3H,4H2,1H3,(H3,10,11,12,14)/b3-2-. The lowest BCUT2D eigenvalue weighted by molar-refractivity contribution is 0.825. The lowest BCUT2D eigenvalue weighted by Gasteiger charge is -1.98. The minimum Gasteiger partial charge on any atom is -0.369 e. The van der Waals surface area contributed by atoms with Gasteiger partial charge in [0, 0.05) is 6.54 Å². The van der Waals surface area contributed by atoms with Gasteiger partial charge in [0.25, 0.3) is 5.56 Å². The molecule has 16 heavy (non-hydrogen) atoms. The molecule has 2 rings (SSSR count). The van der Waals surface area contributed by atoms with E-state index in [1.54, 1.807) is 0 Å². The number of rotatable bonds is 2. The van der Waals surface area contributed by atoms with Crippen LogP contribution in [0.15, 0.2) is 21.7 Å². The van der Waals surface area contributed by atoms with Crippen molar-refractivity contribution < 1.29 is 0 Å². The SMILES string of the molecule is C/C=C\Cn1c(=O)sc2c(=O)[nH]c(N)nc21. The van der Waals surface area contributed by atoms with Gasteiger partial charge in [-0.25, -0.2) is 0 Å². The first kappa shape index (κ1) is 10.6. The first-order chi connectivity index (χ1) is 7.63. The van der Waals surface area contributed by atoms with Gasteiger partial charge in [-0.15, -0.1) is 0 Å². The normalized spacial score (nSPS) is 11.6. The Hall–Kier alpha value is -1.89. The predicted molar refractivity (Wildman–Crippen MR) is 63.7 cm³/mol. The molecule has 7 heteroatoms. The van der Waals surface area contributed by atoms with Gasteiger partial charge < -0.3 is 5.73 Å². The Bertz CT molecular complexity index is 664. The molecule has 0 amide bonds. The lowest BCUT2D eigenvalue weighted by atomic mass is 10.5. The van der Waals surface area contributed by atoms with Crippen molar-refractivity contribution in [2.75, 3.05) is 5.73 Å². The maximum Gasteiger partial charge on any atom is 0.309 e. The molecule has 0 aliphatic heterocycles. The molecule has 2 aromatic rings. The van der Waals surface area contributed by atoms with Crippen LogP contribution in [0.5, 0.6) is 0 Å². The van der Waals surface area contributed by atoms with E-state index in [1.165, 1.54) is 4.57 Å². The summed E-state index contributed by atoms with van der Waals surface area (Å²) >= 11 is 0.876. The van der Waals surface area contributed by atoms with Crippen molar-refractivity contribution in [3.8, 4) is 0 Å². The molecule has 0 aromatic carbocycles. The number of nitrogens with one attached hydrogen (secondary N) is 1. The number of nitrogens with zero attached hydrogens (tertiary/aromatic N) is 2. The zero-order chi connectivity index (χ0) is 11.7. The smallest absolute Gasteiger partial charge is 0.309 e. The van der Waals surface area contributed by atoms with E-state index in [4.69, 9.17) is 5.73 Å². The Morgan fingerprint density at radius 3 is 3.00 bits per heavy atom. The zero-order valence-electron chi connectivity index (χ0n) is 8.56. The van der Waals surface area contributed by atoms with Gasteiger partial charge in [0.1, 0.15) is 4.70 Å². The summed E-state index contributed by atoms with van der Waals surface area (Å²) in [6.45, 7) is 2.25. The molecule has 2 heterocycles. The molecule has 0 bridgehead atoms. The summed E-state index contributed by atoms with van der Waals surface area (Å²) in [5, 5.41) is 0. The fraction of sp³-hybridized carbons (Fsp3) is 0.222. The minimum atomic E-state index is -0.371. The number of nitrogens with two attached hydrogens (primary N) is 1. The van der Waals surface area contributed by atoms with Gasteiger partial charge in [-0.1, -0.05) is 23.5 Å². The summed E-state index contributed by atoms with van der Waals surface area (Å²) in [5.41, 5.74) is 5.41. The van der Waals surface area contributed by atoms with Crippen LogP contribution in [-0.4, -0.2) is 14.5 Å². The maximum absolute atomic E-state index is 11.6. The van der Waals surface area contributed by atoms with Crippen LogP contribution in [0.4, 0.5) is 5.95 Å². The van der Waals surface area contributed by atoms with Crippen LogP contribution in [0.2, 0.25) is 0 Å². The third-order valence-electron chi connectivity index (χ3n) is 2.07. The molecule has 0 radical (unpaired) electrons. The van der Waals surface area contributed by atoms with Crippen LogP contribution in [0.1, 0.15) is 6.92 Å².